The van der Waals surface area contributed by atoms with E-state index in [-0.39, 0.29) is 17.1 Å². The largest absolute Gasteiger partial charge is 0.418 e. The second-order valence-electron chi connectivity index (χ2n) is 4.65. The molecule has 116 valence electrons. The maximum Gasteiger partial charge on any atom is 0.418 e. The quantitative estimate of drug-likeness (QED) is 0.833. The van der Waals surface area contributed by atoms with Gasteiger partial charge in [-0.05, 0) is 35.9 Å². The zero-order chi connectivity index (χ0) is 16.3. The van der Waals surface area contributed by atoms with Gasteiger partial charge in [0.25, 0.3) is 0 Å². The van der Waals surface area contributed by atoms with E-state index in [4.69, 9.17) is 17.3 Å². The van der Waals surface area contributed by atoms with Crippen LogP contribution in [0.3, 0.4) is 0 Å². The molecule has 3 nitrogen and oxygen atoms in total. The van der Waals surface area contributed by atoms with Crippen molar-refractivity contribution in [2.24, 2.45) is 0 Å². The zero-order valence-corrected chi connectivity index (χ0v) is 12.0. The number of carbonyl (C=O) groups is 1. The van der Waals surface area contributed by atoms with Gasteiger partial charge in [0.15, 0.2) is 0 Å². The van der Waals surface area contributed by atoms with Crippen molar-refractivity contribution in [2.75, 3.05) is 11.1 Å². The van der Waals surface area contributed by atoms with E-state index in [0.29, 0.717) is 11.3 Å². The van der Waals surface area contributed by atoms with Crippen LogP contribution in [0.5, 0.6) is 0 Å². The summed E-state index contributed by atoms with van der Waals surface area (Å²) in [7, 11) is 0. The van der Waals surface area contributed by atoms with E-state index in [1.807, 2.05) is 0 Å². The zero-order valence-electron chi connectivity index (χ0n) is 11.2. The first kappa shape index (κ1) is 16.2. The molecule has 0 saturated heterocycles. The Labute approximate surface area is 129 Å². The lowest BCUT2D eigenvalue weighted by molar-refractivity contribution is -0.137. The van der Waals surface area contributed by atoms with Gasteiger partial charge in [0.2, 0.25) is 5.91 Å². The highest BCUT2D eigenvalue weighted by Crippen LogP contribution is 2.36. The summed E-state index contributed by atoms with van der Waals surface area (Å²) in [5.74, 6) is -0.558. The molecule has 0 aliphatic heterocycles. The first-order chi connectivity index (χ1) is 10.3. The predicted octanol–water partition coefficient (Wildman–Crippen LogP) is 4.12. The number of halogens is 4. The number of nitrogen functional groups attached to an aromatic ring is 1. The van der Waals surface area contributed by atoms with Gasteiger partial charge in [-0.15, -0.1) is 0 Å². The fraction of sp³-hybridized carbons (Fsp3) is 0.133. The van der Waals surface area contributed by atoms with Gasteiger partial charge in [-0.2, -0.15) is 13.2 Å². The van der Waals surface area contributed by atoms with Gasteiger partial charge in [-0.3, -0.25) is 4.79 Å². The van der Waals surface area contributed by atoms with Crippen molar-refractivity contribution >= 4 is 28.9 Å². The van der Waals surface area contributed by atoms with Gasteiger partial charge in [-0.25, -0.2) is 0 Å². The van der Waals surface area contributed by atoms with Crippen molar-refractivity contribution in [3.63, 3.8) is 0 Å². The molecule has 0 atom stereocenters. The van der Waals surface area contributed by atoms with Crippen LogP contribution in [-0.4, -0.2) is 5.91 Å². The van der Waals surface area contributed by atoms with Gasteiger partial charge in [-0.1, -0.05) is 23.7 Å². The Morgan fingerprint density at radius 1 is 1.14 bits per heavy atom. The number of amides is 1. The van der Waals surface area contributed by atoms with Crippen molar-refractivity contribution in [1.82, 2.24) is 0 Å². The number of hydrogen-bond acceptors (Lipinski definition) is 2. The maximum absolute atomic E-state index is 12.9. The predicted molar refractivity (Wildman–Crippen MR) is 79.6 cm³/mol. The van der Waals surface area contributed by atoms with Crippen molar-refractivity contribution in [3.8, 4) is 0 Å². The summed E-state index contributed by atoms with van der Waals surface area (Å²) < 4.78 is 38.8. The number of alkyl halides is 3. The average Bonchev–Trinajstić information content (AvgIpc) is 2.42. The molecule has 0 aliphatic rings. The first-order valence-electron chi connectivity index (χ1n) is 6.27. The van der Waals surface area contributed by atoms with E-state index in [2.05, 4.69) is 5.32 Å². The van der Waals surface area contributed by atoms with E-state index in [1.165, 1.54) is 6.07 Å². The van der Waals surface area contributed by atoms with Gasteiger partial charge >= 0.3 is 6.18 Å². The number of nitrogens with two attached hydrogens (primary N) is 1. The molecule has 0 aromatic heterocycles. The second kappa shape index (κ2) is 6.27. The SMILES string of the molecule is Nc1ccc(CC(=O)Nc2ccc(Cl)cc2C(F)(F)F)cc1. The molecule has 7 heteroatoms. The van der Waals surface area contributed by atoms with Crippen molar-refractivity contribution in [3.05, 3.63) is 58.6 Å². The Hall–Kier alpha value is -2.21. The summed E-state index contributed by atoms with van der Waals surface area (Å²) in [5.41, 5.74) is 5.41. The summed E-state index contributed by atoms with van der Waals surface area (Å²) in [6, 6.07) is 9.71. The van der Waals surface area contributed by atoms with E-state index in [9.17, 15) is 18.0 Å². The molecule has 2 rings (SSSR count). The molecule has 3 N–H and O–H groups in total. The van der Waals surface area contributed by atoms with E-state index >= 15 is 0 Å². The highest BCUT2D eigenvalue weighted by atomic mass is 35.5. The Morgan fingerprint density at radius 2 is 1.77 bits per heavy atom. The number of hydrogen-bond donors (Lipinski definition) is 2. The summed E-state index contributed by atoms with van der Waals surface area (Å²) >= 11 is 5.58. The minimum Gasteiger partial charge on any atom is -0.399 e. The number of nitrogens with one attached hydrogen (secondary N) is 1. The van der Waals surface area contributed by atoms with Gasteiger partial charge in [0.05, 0.1) is 17.7 Å². The van der Waals surface area contributed by atoms with E-state index in [0.717, 1.165) is 12.1 Å². The number of carbonyl (C=O) groups excluding carboxylic acids is 1. The fourth-order valence-electron chi connectivity index (χ4n) is 1.88. The van der Waals surface area contributed by atoms with Crippen molar-refractivity contribution < 1.29 is 18.0 Å². The fourth-order valence-corrected chi connectivity index (χ4v) is 2.05. The molecule has 1 amide bonds. The molecule has 0 fully saturated rings. The lowest BCUT2D eigenvalue weighted by atomic mass is 10.1. The van der Waals surface area contributed by atoms with E-state index in [1.54, 1.807) is 24.3 Å². The van der Waals surface area contributed by atoms with Crippen molar-refractivity contribution in [1.29, 1.82) is 0 Å². The molecule has 0 spiro atoms. The smallest absolute Gasteiger partial charge is 0.399 e. The molecule has 0 heterocycles. The van der Waals surface area contributed by atoms with Crippen LogP contribution in [0.15, 0.2) is 42.5 Å². The lowest BCUT2D eigenvalue weighted by Crippen LogP contribution is -2.18. The Morgan fingerprint density at radius 3 is 2.36 bits per heavy atom. The van der Waals surface area contributed by atoms with E-state index < -0.39 is 17.6 Å². The molecular formula is C15H12ClF3N2O. The molecular weight excluding hydrogens is 317 g/mol. The molecule has 0 unspecified atom stereocenters. The summed E-state index contributed by atoms with van der Waals surface area (Å²) in [4.78, 5) is 11.9. The molecule has 2 aromatic carbocycles. The summed E-state index contributed by atoms with van der Waals surface area (Å²) in [6.07, 6.45) is -4.66. The molecule has 0 bridgehead atoms. The molecule has 22 heavy (non-hydrogen) atoms. The Bertz CT molecular complexity index is 684. The highest BCUT2D eigenvalue weighted by Gasteiger charge is 2.34. The average molecular weight is 329 g/mol. The minimum absolute atomic E-state index is 0.0520. The number of anilines is 2. The first-order valence-corrected chi connectivity index (χ1v) is 6.64. The second-order valence-corrected chi connectivity index (χ2v) is 5.09. The van der Waals surface area contributed by atoms with Crippen LogP contribution in [0.25, 0.3) is 0 Å². The summed E-state index contributed by atoms with van der Waals surface area (Å²) in [5, 5.41) is 2.21. The standard InChI is InChI=1S/C15H12ClF3N2O/c16-10-3-6-13(12(8-10)15(17,18)19)21-14(22)7-9-1-4-11(20)5-2-9/h1-6,8H,7,20H2,(H,21,22). The maximum atomic E-state index is 12.9. The Kier molecular flexibility index (Phi) is 4.61. The number of benzene rings is 2. The topological polar surface area (TPSA) is 55.1 Å². The highest BCUT2D eigenvalue weighted by molar-refractivity contribution is 6.30. The van der Waals surface area contributed by atoms with Crippen LogP contribution >= 0.6 is 11.6 Å². The molecule has 0 radical (unpaired) electrons. The third-order valence-corrected chi connectivity index (χ3v) is 3.14. The minimum atomic E-state index is -4.60. The van der Waals surface area contributed by atoms with Gasteiger partial charge in [0.1, 0.15) is 0 Å². The van der Waals surface area contributed by atoms with Crippen LogP contribution in [0.4, 0.5) is 24.5 Å². The van der Waals surface area contributed by atoms with Crippen LogP contribution < -0.4 is 11.1 Å². The van der Waals surface area contributed by atoms with Gasteiger partial charge < -0.3 is 11.1 Å². The number of rotatable bonds is 3. The summed E-state index contributed by atoms with van der Waals surface area (Å²) in [6.45, 7) is 0. The molecule has 2 aromatic rings. The van der Waals surface area contributed by atoms with Gasteiger partial charge in [0, 0.05) is 10.7 Å². The lowest BCUT2D eigenvalue weighted by Gasteiger charge is -2.14. The molecule has 0 aliphatic carbocycles. The third-order valence-electron chi connectivity index (χ3n) is 2.91. The molecule has 0 saturated carbocycles. The third kappa shape index (κ3) is 4.14. The van der Waals surface area contributed by atoms with Crippen molar-refractivity contribution in [2.45, 2.75) is 12.6 Å². The Balaban J connectivity index is 2.16. The normalized spacial score (nSPS) is 11.3. The monoisotopic (exact) mass is 328 g/mol. The van der Waals surface area contributed by atoms with Crippen LogP contribution in [0.2, 0.25) is 5.02 Å². The van der Waals surface area contributed by atoms with Crippen LogP contribution in [0.1, 0.15) is 11.1 Å². The van der Waals surface area contributed by atoms with Crippen LogP contribution in [-0.2, 0) is 17.4 Å². The van der Waals surface area contributed by atoms with Crippen LogP contribution in [0, 0.1) is 0 Å².